The Bertz CT molecular complexity index is 4180. The van der Waals surface area contributed by atoms with Crippen LogP contribution in [0.3, 0.4) is 0 Å². The van der Waals surface area contributed by atoms with Gasteiger partial charge in [-0.2, -0.15) is 0 Å². The van der Waals surface area contributed by atoms with E-state index in [0.29, 0.717) is 13.1 Å². The first-order valence-corrected chi connectivity index (χ1v) is 34.9. The molecular formula is C44H36BrCl4FN6O13S9. The summed E-state index contributed by atoms with van der Waals surface area (Å²) in [7, 11) is -22.1. The monoisotopic (exact) mass is 1380 g/mol. The molecule has 0 aliphatic rings. The lowest BCUT2D eigenvalue weighted by Gasteiger charge is -2.15. The van der Waals surface area contributed by atoms with Gasteiger partial charge in [0.15, 0.2) is 0 Å². The Balaban J connectivity index is 0.000000192. The van der Waals surface area contributed by atoms with Gasteiger partial charge >= 0.3 is 0 Å². The molecule has 6 N–H and O–H groups in total. The van der Waals surface area contributed by atoms with E-state index in [-0.39, 0.29) is 71.7 Å². The summed E-state index contributed by atoms with van der Waals surface area (Å²) < 4.78 is 181. The van der Waals surface area contributed by atoms with Crippen LogP contribution in [0, 0.1) is 5.82 Å². The number of nitrogens with one attached hydrogen (secondary N) is 6. The van der Waals surface area contributed by atoms with E-state index in [0.717, 1.165) is 64.5 Å². The molecule has 416 valence electrons. The summed E-state index contributed by atoms with van der Waals surface area (Å²) in [5.41, 5.74) is 0.381. The molecule has 3 heterocycles. The maximum absolute atomic E-state index is 13.0. The normalized spacial score (nSPS) is 11.9. The van der Waals surface area contributed by atoms with Gasteiger partial charge in [-0.15, -0.1) is 34.0 Å². The average molecular weight is 1390 g/mol. The predicted octanol–water partition coefficient (Wildman–Crippen LogP) is 12.1. The Morgan fingerprint density at radius 3 is 1.19 bits per heavy atom. The van der Waals surface area contributed by atoms with Crippen molar-refractivity contribution in [3.63, 3.8) is 0 Å². The molecule has 34 heteroatoms. The van der Waals surface area contributed by atoms with Gasteiger partial charge in [-0.3, -0.25) is 28.3 Å². The molecule has 8 aromatic rings. The van der Waals surface area contributed by atoms with Crippen molar-refractivity contribution in [2.45, 2.75) is 22.4 Å². The third kappa shape index (κ3) is 17.0. The first-order valence-electron chi connectivity index (χ1n) is 20.8. The number of methoxy groups -OCH3 is 1. The fourth-order valence-electron chi connectivity index (χ4n) is 5.99. The van der Waals surface area contributed by atoms with E-state index < -0.39 is 66.0 Å². The predicted molar refractivity (Wildman–Crippen MR) is 312 cm³/mol. The minimum absolute atomic E-state index is 0.0105. The molecule has 0 bridgehead atoms. The summed E-state index contributed by atoms with van der Waals surface area (Å²) in [6, 6.07) is 33.6. The summed E-state index contributed by atoms with van der Waals surface area (Å²) in [6.45, 7) is 0. The highest BCUT2D eigenvalue weighted by atomic mass is 79.9. The number of benzene rings is 5. The molecule has 0 fully saturated rings. The van der Waals surface area contributed by atoms with Crippen molar-refractivity contribution in [2.75, 3.05) is 41.7 Å². The van der Waals surface area contributed by atoms with Gasteiger partial charge in [0.05, 0.1) is 66.1 Å². The molecule has 0 unspecified atom stereocenters. The lowest BCUT2D eigenvalue weighted by Crippen LogP contribution is -2.17. The van der Waals surface area contributed by atoms with Crippen LogP contribution >= 0.6 is 96.3 Å². The molecule has 0 aliphatic carbocycles. The van der Waals surface area contributed by atoms with Gasteiger partial charge in [0, 0.05) is 4.47 Å². The average Bonchev–Trinajstić information content (AvgIpc) is 4.11. The molecule has 0 radical (unpaired) electrons. The van der Waals surface area contributed by atoms with Gasteiger partial charge in [-0.25, -0.2) is 54.9 Å². The number of hydrogen-bond acceptors (Lipinski definition) is 16. The van der Waals surface area contributed by atoms with Crippen LogP contribution in [0.1, 0.15) is 0 Å². The Morgan fingerprint density at radius 1 is 0.449 bits per heavy atom. The third-order valence-corrected chi connectivity index (χ3v) is 23.1. The number of anilines is 6. The second kappa shape index (κ2) is 25.7. The second-order valence-electron chi connectivity index (χ2n) is 15.1. The van der Waals surface area contributed by atoms with Gasteiger partial charge in [0.1, 0.15) is 33.4 Å². The number of halogens is 6. The molecule has 0 saturated carbocycles. The highest BCUT2D eigenvalue weighted by Crippen LogP contribution is 2.38. The number of sulfonamides is 6. The zero-order valence-electron chi connectivity index (χ0n) is 39.1. The topological polar surface area (TPSA) is 286 Å². The molecule has 3 aromatic heterocycles. The van der Waals surface area contributed by atoms with Crippen LogP contribution < -0.4 is 33.1 Å². The molecule has 0 atom stereocenters. The fourth-order valence-corrected chi connectivity index (χ4v) is 17.5. The highest BCUT2D eigenvalue weighted by molar-refractivity contribution is 9.10. The lowest BCUT2D eigenvalue weighted by atomic mass is 10.3. The first kappa shape index (κ1) is 62.3. The molecule has 19 nitrogen and oxygen atoms in total. The molecule has 0 amide bonds. The van der Waals surface area contributed by atoms with Crippen molar-refractivity contribution in [1.82, 2.24) is 0 Å². The number of para-hydroxylation sites is 6. The lowest BCUT2D eigenvalue weighted by molar-refractivity contribution is 0.402. The zero-order valence-corrected chi connectivity index (χ0v) is 51.1. The number of thiophene rings is 3. The molecule has 78 heavy (non-hydrogen) atoms. The number of ether oxygens (including phenoxy) is 1. The minimum atomic E-state index is -4.10. The Labute approximate surface area is 489 Å². The minimum Gasteiger partial charge on any atom is -0.495 e. The van der Waals surface area contributed by atoms with Crippen molar-refractivity contribution >= 4 is 191 Å². The fraction of sp³-hybridized carbons (Fsp3) is 0.0455. The Kier molecular flexibility index (Phi) is 20.5. The second-order valence-corrected chi connectivity index (χ2v) is 32.3. The molecule has 0 saturated heterocycles. The first-order chi connectivity index (χ1) is 36.4. The smallest absolute Gasteiger partial charge is 0.271 e. The van der Waals surface area contributed by atoms with Crippen LogP contribution in [0.15, 0.2) is 172 Å². The van der Waals surface area contributed by atoms with Crippen LogP contribution in [0.5, 0.6) is 5.75 Å². The Hall–Kier alpha value is -4.93. The number of hydrogen-bond donors (Lipinski definition) is 6. The summed E-state index contributed by atoms with van der Waals surface area (Å²) in [5, 5.41) is 0.109. The molecular weight excluding hydrogens is 1350 g/mol. The van der Waals surface area contributed by atoms with Gasteiger partial charge in [0.2, 0.25) is 10.0 Å². The number of rotatable bonds is 18. The van der Waals surface area contributed by atoms with E-state index in [1.54, 1.807) is 42.5 Å². The van der Waals surface area contributed by atoms with Crippen molar-refractivity contribution in [3.05, 3.63) is 174 Å². The van der Waals surface area contributed by atoms with Crippen LogP contribution in [-0.2, 0) is 60.1 Å². The van der Waals surface area contributed by atoms with E-state index in [9.17, 15) is 54.9 Å². The van der Waals surface area contributed by atoms with Crippen LogP contribution in [-0.4, -0.2) is 63.9 Å². The van der Waals surface area contributed by atoms with Crippen molar-refractivity contribution in [2.24, 2.45) is 0 Å². The van der Waals surface area contributed by atoms with Gasteiger partial charge in [0.25, 0.3) is 50.1 Å². The maximum atomic E-state index is 13.0. The maximum Gasteiger partial charge on any atom is 0.271 e. The zero-order chi connectivity index (χ0) is 57.4. The quantitative estimate of drug-likeness (QED) is 0.0466. The third-order valence-electron chi connectivity index (χ3n) is 9.35. The highest BCUT2D eigenvalue weighted by Gasteiger charge is 2.26. The van der Waals surface area contributed by atoms with Crippen LogP contribution in [0.25, 0.3) is 0 Å². The van der Waals surface area contributed by atoms with E-state index in [2.05, 4.69) is 44.3 Å². The van der Waals surface area contributed by atoms with E-state index in [1.807, 2.05) is 0 Å². The van der Waals surface area contributed by atoms with Crippen molar-refractivity contribution < 1.29 is 59.6 Å². The Morgan fingerprint density at radius 2 is 0.833 bits per heavy atom. The summed E-state index contributed by atoms with van der Waals surface area (Å²) >= 11 is 29.0. The standard InChI is InChI=1S/C17H13BrCl2N2O5S3.C16H12ClFN2O4S3.C11H11ClN2O4S3/c1-27-14-7-6-10(18)8-15(14)29(23,24)21-12-4-2-3-5-13(12)22-30(25,26)16-9-11(19)17(20)28-16;17-15-9-10-16(25-15)27(23,24)20-14-4-2-1-3-13(14)19-26(21,22)12-7-5-11(18)6-8-12;1-20(15,16)13-8-4-2-3-5-9(8)14-21(17,18)11-7-6-10(12)19-11/h2-9,21-22H,1H3;1-10,19-20H;2-7,13-14H,1H3. The van der Waals surface area contributed by atoms with E-state index in [1.165, 1.54) is 86.0 Å². The van der Waals surface area contributed by atoms with Crippen LogP contribution in [0.4, 0.5) is 38.5 Å². The summed E-state index contributed by atoms with van der Waals surface area (Å²) in [5.74, 6) is -0.441. The van der Waals surface area contributed by atoms with Gasteiger partial charge in [-0.05, 0) is 109 Å². The SMILES string of the molecule is COc1ccc(Br)cc1S(=O)(=O)Nc1ccccc1NS(=O)(=O)c1cc(Cl)c(Cl)s1.CS(=O)(=O)Nc1ccccc1NS(=O)(=O)c1ccc(Cl)s1.O=S(=O)(Nc1ccccc1NS(=O)(=O)c1ccc(Cl)s1)c1ccc(F)cc1. The van der Waals surface area contributed by atoms with Crippen LogP contribution in [0.2, 0.25) is 18.0 Å². The van der Waals surface area contributed by atoms with Gasteiger partial charge in [-0.1, -0.05) is 98.7 Å². The summed E-state index contributed by atoms with van der Waals surface area (Å²) in [4.78, 5) is -0.277. The van der Waals surface area contributed by atoms with Crippen molar-refractivity contribution in [1.29, 1.82) is 0 Å². The molecule has 8 rings (SSSR count). The van der Waals surface area contributed by atoms with Crippen molar-refractivity contribution in [3.8, 4) is 5.75 Å². The molecule has 5 aromatic carbocycles. The largest absolute Gasteiger partial charge is 0.495 e. The molecule has 0 spiro atoms. The summed E-state index contributed by atoms with van der Waals surface area (Å²) in [6.07, 6.45) is 0.983. The molecule has 0 aliphatic heterocycles. The van der Waals surface area contributed by atoms with Gasteiger partial charge < -0.3 is 4.74 Å². The van der Waals surface area contributed by atoms with E-state index in [4.69, 9.17) is 51.1 Å². The van der Waals surface area contributed by atoms with E-state index >= 15 is 0 Å².